The molecule has 5 rings (SSSR count). The molecular weight excluding hydrogens is 380 g/mol. The summed E-state index contributed by atoms with van der Waals surface area (Å²) in [5, 5.41) is 11.6. The number of carbonyl (C=O) groups is 2. The first-order valence-electron chi connectivity index (χ1n) is 10.3. The highest BCUT2D eigenvalue weighted by Crippen LogP contribution is 2.43. The molecule has 3 heterocycles. The molecule has 1 aromatic carbocycles. The quantitative estimate of drug-likeness (QED) is 0.638. The lowest BCUT2D eigenvalue weighted by Crippen LogP contribution is -2.41. The van der Waals surface area contributed by atoms with Crippen molar-refractivity contribution < 1.29 is 19.1 Å². The van der Waals surface area contributed by atoms with E-state index in [0.29, 0.717) is 5.58 Å². The van der Waals surface area contributed by atoms with Crippen molar-refractivity contribution in [1.29, 1.82) is 0 Å². The number of aliphatic hydroxyl groups is 1. The Labute approximate surface area is 173 Å². The van der Waals surface area contributed by atoms with Crippen LogP contribution in [0, 0.1) is 0 Å². The Morgan fingerprint density at radius 3 is 2.53 bits per heavy atom. The lowest BCUT2D eigenvalue weighted by Gasteiger charge is -2.36. The lowest BCUT2D eigenvalue weighted by molar-refractivity contribution is -0.132. The van der Waals surface area contributed by atoms with Crippen molar-refractivity contribution in [1.82, 2.24) is 9.88 Å². The number of pyridine rings is 1. The van der Waals surface area contributed by atoms with Crippen LogP contribution in [0.2, 0.25) is 0 Å². The van der Waals surface area contributed by atoms with Crippen LogP contribution >= 0.6 is 0 Å². The van der Waals surface area contributed by atoms with Crippen molar-refractivity contribution >= 4 is 22.7 Å². The van der Waals surface area contributed by atoms with Gasteiger partial charge in [-0.25, -0.2) is 0 Å². The van der Waals surface area contributed by atoms with E-state index in [2.05, 4.69) is 4.98 Å². The van der Waals surface area contributed by atoms with Crippen LogP contribution in [0.4, 0.5) is 0 Å². The summed E-state index contributed by atoms with van der Waals surface area (Å²) in [5.74, 6) is -1.30. The zero-order valence-corrected chi connectivity index (χ0v) is 16.5. The number of hydrogen-bond donors (Lipinski definition) is 1. The standard InChI is InChI=1S/C24H22N2O4/c27-22(19-14-16-6-4-5-9-18(16)30-19)20-21(15-10-12-25-13-11-15)26(24(29)23(20)28)17-7-2-1-3-8-17/h4-6,9-14,17,21,28H,1-3,7-8H2. The smallest absolute Gasteiger partial charge is 0.290 e. The van der Waals surface area contributed by atoms with Gasteiger partial charge in [0.1, 0.15) is 5.58 Å². The third-order valence-electron chi connectivity index (χ3n) is 6.13. The summed E-state index contributed by atoms with van der Waals surface area (Å²) in [4.78, 5) is 32.4. The number of hydrogen-bond acceptors (Lipinski definition) is 5. The third-order valence-corrected chi connectivity index (χ3v) is 6.13. The van der Waals surface area contributed by atoms with Crippen LogP contribution in [-0.4, -0.2) is 32.7 Å². The molecule has 0 bridgehead atoms. The molecule has 6 nitrogen and oxygen atoms in total. The minimum absolute atomic E-state index is 0.00691. The third kappa shape index (κ3) is 3.00. The highest BCUT2D eigenvalue weighted by atomic mass is 16.3. The number of fused-ring (bicyclic) bond motifs is 1. The Morgan fingerprint density at radius 1 is 1.07 bits per heavy atom. The van der Waals surface area contributed by atoms with E-state index in [9.17, 15) is 14.7 Å². The first-order valence-corrected chi connectivity index (χ1v) is 10.3. The van der Waals surface area contributed by atoms with Gasteiger partial charge < -0.3 is 14.4 Å². The van der Waals surface area contributed by atoms with Gasteiger partial charge in [0, 0.05) is 23.8 Å². The number of para-hydroxylation sites is 1. The Morgan fingerprint density at radius 2 is 1.80 bits per heavy atom. The predicted octanol–water partition coefficient (Wildman–Crippen LogP) is 4.74. The van der Waals surface area contributed by atoms with Crippen LogP contribution in [0.25, 0.3) is 11.0 Å². The van der Waals surface area contributed by atoms with Crippen molar-refractivity contribution in [2.24, 2.45) is 0 Å². The van der Waals surface area contributed by atoms with Crippen LogP contribution in [0.1, 0.15) is 54.3 Å². The van der Waals surface area contributed by atoms with Crippen molar-refractivity contribution in [3.8, 4) is 0 Å². The molecule has 6 heteroatoms. The van der Waals surface area contributed by atoms with E-state index in [0.717, 1.165) is 43.1 Å². The fourth-order valence-electron chi connectivity index (χ4n) is 4.69. The van der Waals surface area contributed by atoms with E-state index >= 15 is 0 Å². The molecule has 1 aliphatic carbocycles. The Balaban J connectivity index is 1.60. The first kappa shape index (κ1) is 18.6. The summed E-state index contributed by atoms with van der Waals surface area (Å²) in [7, 11) is 0. The van der Waals surface area contributed by atoms with E-state index in [4.69, 9.17) is 4.42 Å². The fourth-order valence-corrected chi connectivity index (χ4v) is 4.69. The number of carbonyl (C=O) groups excluding carboxylic acids is 2. The summed E-state index contributed by atoms with van der Waals surface area (Å²) in [5.41, 5.74) is 1.43. The van der Waals surface area contributed by atoms with Crippen molar-refractivity contribution in [3.05, 3.63) is 77.5 Å². The zero-order valence-electron chi connectivity index (χ0n) is 16.5. The topological polar surface area (TPSA) is 83.6 Å². The largest absolute Gasteiger partial charge is 0.503 e. The highest BCUT2D eigenvalue weighted by Gasteiger charge is 2.47. The second-order valence-corrected chi connectivity index (χ2v) is 7.93. The fraction of sp³-hybridized carbons (Fsp3) is 0.292. The molecule has 1 aliphatic heterocycles. The van der Waals surface area contributed by atoms with Crippen molar-refractivity contribution in [2.75, 3.05) is 0 Å². The number of ketones is 1. The molecule has 152 valence electrons. The maximum Gasteiger partial charge on any atom is 0.290 e. The number of furan rings is 1. The number of benzene rings is 1. The van der Waals surface area contributed by atoms with Gasteiger partial charge >= 0.3 is 0 Å². The maximum atomic E-state index is 13.5. The Bertz CT molecular complexity index is 1110. The van der Waals surface area contributed by atoms with E-state index in [1.165, 1.54) is 0 Å². The lowest BCUT2D eigenvalue weighted by atomic mass is 9.90. The van der Waals surface area contributed by atoms with Crippen LogP contribution < -0.4 is 0 Å². The molecule has 1 amide bonds. The minimum atomic E-state index is -0.649. The van der Waals surface area contributed by atoms with Crippen molar-refractivity contribution in [2.45, 2.75) is 44.2 Å². The predicted molar refractivity (Wildman–Crippen MR) is 111 cm³/mol. The molecule has 0 radical (unpaired) electrons. The number of aliphatic hydroxyl groups excluding tert-OH is 1. The minimum Gasteiger partial charge on any atom is -0.503 e. The van der Waals surface area contributed by atoms with Crippen LogP contribution in [0.5, 0.6) is 0 Å². The van der Waals surface area contributed by atoms with Crippen molar-refractivity contribution in [3.63, 3.8) is 0 Å². The monoisotopic (exact) mass is 402 g/mol. The van der Waals surface area contributed by atoms with Gasteiger partial charge in [0.25, 0.3) is 5.91 Å². The van der Waals surface area contributed by atoms with Gasteiger partial charge in [-0.05, 0) is 42.7 Å². The molecular formula is C24H22N2O4. The Kier molecular flexibility index (Phi) is 4.62. The molecule has 1 atom stereocenters. The van der Waals surface area contributed by atoms with Gasteiger partial charge in [-0.1, -0.05) is 37.5 Å². The summed E-state index contributed by atoms with van der Waals surface area (Å²) < 4.78 is 5.75. The normalized spacial score (nSPS) is 20.3. The van der Waals surface area contributed by atoms with Gasteiger partial charge in [0.2, 0.25) is 5.78 Å². The molecule has 3 aromatic rings. The Hall–Kier alpha value is -3.41. The average Bonchev–Trinajstić information content (AvgIpc) is 3.34. The SMILES string of the molecule is O=C(C1=C(O)C(=O)N(C2CCCCC2)C1c1ccncc1)c1cc2ccccc2o1. The van der Waals surface area contributed by atoms with Gasteiger partial charge in [0.05, 0.1) is 11.6 Å². The molecule has 1 fully saturated rings. The second-order valence-electron chi connectivity index (χ2n) is 7.93. The molecule has 2 aliphatic rings. The number of aromatic nitrogens is 1. The molecule has 30 heavy (non-hydrogen) atoms. The molecule has 1 saturated carbocycles. The average molecular weight is 402 g/mol. The van der Waals surface area contributed by atoms with E-state index in [-0.39, 0.29) is 17.4 Å². The molecule has 1 unspecified atom stereocenters. The van der Waals surface area contributed by atoms with Gasteiger partial charge in [-0.15, -0.1) is 0 Å². The molecule has 0 spiro atoms. The van der Waals surface area contributed by atoms with Crippen LogP contribution in [0.3, 0.4) is 0 Å². The molecule has 1 N–H and O–H groups in total. The van der Waals surface area contributed by atoms with Crippen LogP contribution in [0.15, 0.2) is 70.6 Å². The van der Waals surface area contributed by atoms with E-state index in [1.54, 1.807) is 41.6 Å². The zero-order chi connectivity index (χ0) is 20.7. The summed E-state index contributed by atoms with van der Waals surface area (Å²) >= 11 is 0. The molecule has 0 saturated heterocycles. The van der Waals surface area contributed by atoms with Gasteiger partial charge in [-0.2, -0.15) is 0 Å². The van der Waals surface area contributed by atoms with E-state index < -0.39 is 23.5 Å². The summed E-state index contributed by atoms with van der Waals surface area (Å²) in [6, 6.07) is 11.9. The number of Topliss-reactive ketones (excluding diaryl/α,β-unsaturated/α-hetero) is 1. The van der Waals surface area contributed by atoms with Crippen LogP contribution in [-0.2, 0) is 4.79 Å². The van der Waals surface area contributed by atoms with E-state index in [1.807, 2.05) is 18.2 Å². The highest BCUT2D eigenvalue weighted by molar-refractivity contribution is 6.16. The second kappa shape index (κ2) is 7.44. The van der Waals surface area contributed by atoms with Gasteiger partial charge in [0.15, 0.2) is 11.5 Å². The number of amides is 1. The summed E-state index contributed by atoms with van der Waals surface area (Å²) in [6.45, 7) is 0. The summed E-state index contributed by atoms with van der Waals surface area (Å²) in [6.07, 6.45) is 8.22. The number of rotatable bonds is 4. The number of nitrogens with zero attached hydrogens (tertiary/aromatic N) is 2. The van der Waals surface area contributed by atoms with Gasteiger partial charge in [-0.3, -0.25) is 14.6 Å². The molecule has 2 aromatic heterocycles. The first-order chi connectivity index (χ1) is 14.6. The maximum absolute atomic E-state index is 13.5.